The van der Waals surface area contributed by atoms with Gasteiger partial charge in [-0.05, 0) is 133 Å². The summed E-state index contributed by atoms with van der Waals surface area (Å²) < 4.78 is 10.4. The van der Waals surface area contributed by atoms with Crippen LogP contribution in [0.25, 0.3) is 11.1 Å². The van der Waals surface area contributed by atoms with E-state index in [1.54, 1.807) is 0 Å². The minimum absolute atomic E-state index is 0.186. The highest BCUT2D eigenvalue weighted by atomic mass is 16.5. The molecule has 0 spiro atoms. The van der Waals surface area contributed by atoms with Gasteiger partial charge in [0, 0.05) is 52.4 Å². The molecule has 0 amide bonds. The Hall–Kier alpha value is -6.14. The van der Waals surface area contributed by atoms with Crippen LogP contribution in [0.1, 0.15) is 47.9 Å². The summed E-state index contributed by atoms with van der Waals surface area (Å²) in [5.41, 5.74) is 12.1. The molecule has 53 heavy (non-hydrogen) atoms. The number of anilines is 6. The monoisotopic (exact) mass is 700 g/mol. The summed E-state index contributed by atoms with van der Waals surface area (Å²) in [5.74, 6) is -0.581. The maximum absolute atomic E-state index is 13.0. The van der Waals surface area contributed by atoms with Crippen molar-refractivity contribution in [3.63, 3.8) is 0 Å². The van der Waals surface area contributed by atoms with E-state index in [0.717, 1.165) is 67.5 Å². The number of aryl methyl sites for hydroxylation is 2. The Kier molecular flexibility index (Phi) is 10.1. The molecule has 1 aliphatic rings. The molecule has 266 valence electrons. The van der Waals surface area contributed by atoms with Gasteiger partial charge in [0.05, 0.1) is 14.2 Å². The predicted molar refractivity (Wildman–Crippen MR) is 214 cm³/mol. The molecule has 0 aliphatic heterocycles. The SMILES string of the molecule is COC(=O)CCC1(CCC(=O)OC)c2cc(N(c3ccccc3)c3cccc(C)c3)ccc2-c2ccc(N(c3ccccc3)c3cccc(C)c3)cc21. The summed E-state index contributed by atoms with van der Waals surface area (Å²) in [6, 6.07) is 50.9. The molecular weight excluding hydrogens is 657 g/mol. The van der Waals surface area contributed by atoms with Gasteiger partial charge in [-0.15, -0.1) is 0 Å². The van der Waals surface area contributed by atoms with Crippen molar-refractivity contribution in [2.75, 3.05) is 24.0 Å². The zero-order chi connectivity index (χ0) is 37.0. The van der Waals surface area contributed by atoms with Crippen LogP contribution in [0, 0.1) is 13.8 Å². The van der Waals surface area contributed by atoms with E-state index in [1.165, 1.54) is 14.2 Å². The fourth-order valence-electron chi connectivity index (χ4n) is 7.83. The highest BCUT2D eigenvalue weighted by molar-refractivity contribution is 5.89. The fraction of sp³-hybridized carbons (Fsp3) is 0.191. The van der Waals surface area contributed by atoms with E-state index in [4.69, 9.17) is 9.47 Å². The Labute approximate surface area is 312 Å². The van der Waals surface area contributed by atoms with Crippen molar-refractivity contribution in [1.82, 2.24) is 0 Å². The molecule has 0 heterocycles. The highest BCUT2D eigenvalue weighted by Gasteiger charge is 2.44. The number of hydrogen-bond donors (Lipinski definition) is 0. The smallest absolute Gasteiger partial charge is 0.305 e. The number of rotatable bonds is 12. The first-order valence-corrected chi connectivity index (χ1v) is 18.1. The summed E-state index contributed by atoms with van der Waals surface area (Å²) >= 11 is 0. The number of hydrogen-bond acceptors (Lipinski definition) is 6. The van der Waals surface area contributed by atoms with Crippen LogP contribution in [0.4, 0.5) is 34.1 Å². The van der Waals surface area contributed by atoms with E-state index in [1.807, 2.05) is 36.4 Å². The molecular formula is C47H44N2O4. The Morgan fingerprint density at radius 2 is 0.849 bits per heavy atom. The molecule has 0 saturated heterocycles. The van der Waals surface area contributed by atoms with E-state index in [9.17, 15) is 9.59 Å². The molecule has 6 aromatic rings. The van der Waals surface area contributed by atoms with Gasteiger partial charge in [0.1, 0.15) is 0 Å². The Morgan fingerprint density at radius 3 is 1.23 bits per heavy atom. The number of benzene rings is 6. The number of nitrogens with zero attached hydrogens (tertiary/aromatic N) is 2. The first kappa shape index (κ1) is 35.3. The van der Waals surface area contributed by atoms with Gasteiger partial charge in [-0.2, -0.15) is 0 Å². The van der Waals surface area contributed by atoms with E-state index < -0.39 is 5.41 Å². The molecule has 0 atom stereocenters. The predicted octanol–water partition coefficient (Wildman–Crippen LogP) is 11.4. The number of carbonyl (C=O) groups excluding carboxylic acids is 2. The fourth-order valence-corrected chi connectivity index (χ4v) is 7.83. The molecule has 0 fully saturated rings. The van der Waals surface area contributed by atoms with Gasteiger partial charge in [-0.3, -0.25) is 9.59 Å². The lowest BCUT2D eigenvalue weighted by atomic mass is 9.71. The van der Waals surface area contributed by atoms with Crippen molar-refractivity contribution < 1.29 is 19.1 Å². The molecule has 0 bridgehead atoms. The number of fused-ring (bicyclic) bond motifs is 3. The summed E-state index contributed by atoms with van der Waals surface area (Å²) in [6.45, 7) is 4.20. The average molecular weight is 701 g/mol. The summed E-state index contributed by atoms with van der Waals surface area (Å²) in [5, 5.41) is 0. The molecule has 6 nitrogen and oxygen atoms in total. The lowest BCUT2D eigenvalue weighted by Crippen LogP contribution is -2.28. The lowest BCUT2D eigenvalue weighted by molar-refractivity contribution is -0.141. The first-order valence-electron chi connectivity index (χ1n) is 18.1. The second-order valence-electron chi connectivity index (χ2n) is 13.7. The van der Waals surface area contributed by atoms with Crippen molar-refractivity contribution in [3.05, 3.63) is 168 Å². The number of para-hydroxylation sites is 2. The van der Waals surface area contributed by atoms with Crippen LogP contribution in [-0.4, -0.2) is 26.2 Å². The van der Waals surface area contributed by atoms with Crippen molar-refractivity contribution in [3.8, 4) is 11.1 Å². The maximum Gasteiger partial charge on any atom is 0.305 e. The molecule has 7 rings (SSSR count). The van der Waals surface area contributed by atoms with Crippen LogP contribution in [0.15, 0.2) is 146 Å². The van der Waals surface area contributed by atoms with Crippen molar-refractivity contribution in [2.24, 2.45) is 0 Å². The number of esters is 2. The van der Waals surface area contributed by atoms with E-state index in [-0.39, 0.29) is 24.8 Å². The summed E-state index contributed by atoms with van der Waals surface area (Å²) in [7, 11) is 2.85. The molecule has 6 heteroatoms. The zero-order valence-electron chi connectivity index (χ0n) is 30.7. The van der Waals surface area contributed by atoms with Crippen LogP contribution in [0.5, 0.6) is 0 Å². The van der Waals surface area contributed by atoms with Gasteiger partial charge in [-0.25, -0.2) is 0 Å². The third-order valence-electron chi connectivity index (χ3n) is 10.4. The Morgan fingerprint density at radius 1 is 0.472 bits per heavy atom. The average Bonchev–Trinajstić information content (AvgIpc) is 3.45. The third-order valence-corrected chi connectivity index (χ3v) is 10.4. The van der Waals surface area contributed by atoms with E-state index >= 15 is 0 Å². The van der Waals surface area contributed by atoms with Crippen LogP contribution in [-0.2, 0) is 24.5 Å². The second-order valence-corrected chi connectivity index (χ2v) is 13.7. The van der Waals surface area contributed by atoms with Crippen molar-refractivity contribution >= 4 is 46.1 Å². The molecule has 1 aliphatic carbocycles. The lowest BCUT2D eigenvalue weighted by Gasteiger charge is -2.34. The van der Waals surface area contributed by atoms with Crippen LogP contribution < -0.4 is 9.80 Å². The van der Waals surface area contributed by atoms with Gasteiger partial charge >= 0.3 is 11.9 Å². The zero-order valence-corrected chi connectivity index (χ0v) is 30.7. The second kappa shape index (κ2) is 15.2. The van der Waals surface area contributed by atoms with Crippen LogP contribution in [0.3, 0.4) is 0 Å². The minimum Gasteiger partial charge on any atom is -0.469 e. The van der Waals surface area contributed by atoms with E-state index in [2.05, 4.69) is 133 Å². The molecule has 0 saturated carbocycles. The van der Waals surface area contributed by atoms with Crippen molar-refractivity contribution in [1.29, 1.82) is 0 Å². The van der Waals surface area contributed by atoms with Gasteiger partial charge in [0.15, 0.2) is 0 Å². The van der Waals surface area contributed by atoms with Crippen LogP contribution >= 0.6 is 0 Å². The number of carbonyl (C=O) groups is 2. The quantitative estimate of drug-likeness (QED) is 0.118. The third kappa shape index (κ3) is 7.05. The minimum atomic E-state index is -0.705. The topological polar surface area (TPSA) is 59.1 Å². The molecule has 0 N–H and O–H groups in total. The summed E-state index contributed by atoms with van der Waals surface area (Å²) in [4.78, 5) is 30.4. The van der Waals surface area contributed by atoms with E-state index in [0.29, 0.717) is 12.8 Å². The molecule has 0 aromatic heterocycles. The van der Waals surface area contributed by atoms with Gasteiger partial charge in [-0.1, -0.05) is 72.8 Å². The normalized spacial score (nSPS) is 12.4. The van der Waals surface area contributed by atoms with Gasteiger partial charge < -0.3 is 19.3 Å². The summed E-state index contributed by atoms with van der Waals surface area (Å²) in [6.07, 6.45) is 1.28. The molecule has 6 aromatic carbocycles. The van der Waals surface area contributed by atoms with Crippen LogP contribution in [0.2, 0.25) is 0 Å². The van der Waals surface area contributed by atoms with Gasteiger partial charge in [0.2, 0.25) is 0 Å². The maximum atomic E-state index is 13.0. The Bertz CT molecular complexity index is 2090. The van der Waals surface area contributed by atoms with Crippen molar-refractivity contribution in [2.45, 2.75) is 44.9 Å². The Balaban J connectivity index is 1.46. The highest BCUT2D eigenvalue weighted by Crippen LogP contribution is 2.56. The number of methoxy groups -OCH3 is 2. The first-order chi connectivity index (χ1) is 25.8. The molecule has 0 unspecified atom stereocenters. The van der Waals surface area contributed by atoms with Gasteiger partial charge in [0.25, 0.3) is 0 Å². The number of ether oxygens (including phenoxy) is 2. The largest absolute Gasteiger partial charge is 0.469 e. The standard InChI is InChI=1S/C47H44N2O4/c1-33-13-11-19-37(29-33)48(35-15-7-5-8-16-35)39-21-23-41-42-24-22-40(49(36-17-9-6-10-18-36)38-20-12-14-34(2)30-38)32-44(42)47(43(41)31-39,27-25-45(50)52-3)28-26-46(51)53-4/h5-24,29-32H,25-28H2,1-4H3. The molecule has 0 radical (unpaired) electrons.